The van der Waals surface area contributed by atoms with Gasteiger partial charge >= 0.3 is 29.0 Å². The summed E-state index contributed by atoms with van der Waals surface area (Å²) in [6.07, 6.45) is 0.813. The number of rotatable bonds is 3. The van der Waals surface area contributed by atoms with Crippen molar-refractivity contribution in [2.24, 2.45) is 11.7 Å². The molecule has 0 aromatic carbocycles. The van der Waals surface area contributed by atoms with E-state index in [4.69, 9.17) is 10.8 Å². The summed E-state index contributed by atoms with van der Waals surface area (Å²) < 4.78 is 0. The van der Waals surface area contributed by atoms with Crippen LogP contribution in [0.1, 0.15) is 23.1 Å². The summed E-state index contributed by atoms with van der Waals surface area (Å²) >= 11 is 0. The van der Waals surface area contributed by atoms with E-state index in [2.05, 4.69) is 0 Å². The summed E-state index contributed by atoms with van der Waals surface area (Å²) in [6, 6.07) is -0.699. The van der Waals surface area contributed by atoms with Crippen LogP contribution in [0, 0.1) is 5.92 Å². The van der Waals surface area contributed by atoms with Crippen LogP contribution in [0.3, 0.4) is 0 Å². The maximum atomic E-state index is 10.2. The van der Waals surface area contributed by atoms with E-state index in [1.807, 2.05) is 13.8 Å². The van der Waals surface area contributed by atoms with E-state index in [-0.39, 0.29) is 31.8 Å². The predicted molar refractivity (Wildman–Crippen MR) is 43.0 cm³/mol. The molecule has 0 aromatic rings. The molecule has 3 N–H and O–H groups in total. The van der Waals surface area contributed by atoms with E-state index in [1.165, 1.54) is 0 Å². The Morgan fingerprint density at radius 2 is 2.20 bits per heavy atom. The quantitative estimate of drug-likeness (QED) is 0.579. The van der Waals surface area contributed by atoms with E-state index in [9.17, 15) is 4.79 Å². The second-order valence-electron chi connectivity index (χ2n) is 2.25. The van der Waals surface area contributed by atoms with Gasteiger partial charge in [0.2, 0.25) is 0 Å². The molecule has 0 radical (unpaired) electrons. The van der Waals surface area contributed by atoms with Crippen molar-refractivity contribution in [3.05, 3.63) is 0 Å². The third-order valence-electron chi connectivity index (χ3n) is 1.54. The van der Waals surface area contributed by atoms with Crippen molar-refractivity contribution in [1.82, 2.24) is 0 Å². The van der Waals surface area contributed by atoms with Gasteiger partial charge in [-0.15, -0.1) is 0 Å². The van der Waals surface area contributed by atoms with Gasteiger partial charge in [0, 0.05) is 0 Å². The van der Waals surface area contributed by atoms with Crippen molar-refractivity contribution >= 4 is 29.0 Å². The molecule has 0 rings (SSSR count). The molecule has 2 atom stereocenters. The largest absolute Gasteiger partial charge is 2.00 e. The maximum Gasteiger partial charge on any atom is 2.00 e. The van der Waals surface area contributed by atoms with Crippen LogP contribution in [-0.2, 0) is 4.79 Å². The van der Waals surface area contributed by atoms with E-state index in [0.717, 1.165) is 6.42 Å². The standard InChI is InChI=1S/C6H13NO2.Mg.2H/c1-3-4(2)5(7)6(8)9;;;/h4-5H,3,7H2,1-2H3,(H,8,9);;;/q;+2;2*-1. The van der Waals surface area contributed by atoms with Crippen molar-refractivity contribution < 1.29 is 12.8 Å². The van der Waals surface area contributed by atoms with Gasteiger partial charge in [0.05, 0.1) is 0 Å². The Labute approximate surface area is 80.1 Å². The van der Waals surface area contributed by atoms with Crippen molar-refractivity contribution in [2.45, 2.75) is 26.3 Å². The monoisotopic (exact) mass is 157 g/mol. The van der Waals surface area contributed by atoms with Crippen molar-refractivity contribution in [3.8, 4) is 0 Å². The fourth-order valence-electron chi connectivity index (χ4n) is 0.497. The molecule has 0 fully saturated rings. The molecule has 0 aliphatic carbocycles. The average molecular weight is 157 g/mol. The Kier molecular flexibility index (Phi) is 7.63. The number of hydrogen-bond donors (Lipinski definition) is 2. The second kappa shape index (κ2) is 5.94. The summed E-state index contributed by atoms with van der Waals surface area (Å²) in [6.45, 7) is 3.76. The SMILES string of the molecule is CCC(C)C(N)C(=O)O.[H-].[H-].[Mg+2]. The van der Waals surface area contributed by atoms with Gasteiger partial charge in [0.15, 0.2) is 0 Å². The number of nitrogens with two attached hydrogens (primary N) is 1. The molecule has 2 unspecified atom stereocenters. The number of carboxylic acids is 1. The van der Waals surface area contributed by atoms with Crippen LogP contribution in [-0.4, -0.2) is 40.2 Å². The summed E-state index contributed by atoms with van der Waals surface area (Å²) in [5.74, 6) is -0.841. The number of hydrogen-bond acceptors (Lipinski definition) is 2. The van der Waals surface area contributed by atoms with Crippen LogP contribution in [0.5, 0.6) is 0 Å². The summed E-state index contributed by atoms with van der Waals surface area (Å²) in [5, 5.41) is 8.36. The Bertz CT molecular complexity index is 116. The van der Waals surface area contributed by atoms with Gasteiger partial charge in [-0.3, -0.25) is 4.79 Å². The van der Waals surface area contributed by atoms with Crippen molar-refractivity contribution in [3.63, 3.8) is 0 Å². The molecule has 0 heterocycles. The summed E-state index contributed by atoms with van der Waals surface area (Å²) in [5.41, 5.74) is 5.27. The zero-order valence-corrected chi connectivity index (χ0v) is 7.92. The van der Waals surface area contributed by atoms with E-state index >= 15 is 0 Å². The smallest absolute Gasteiger partial charge is 1.00 e. The molecule has 0 saturated heterocycles. The molecule has 4 heteroatoms. The number of carbonyl (C=O) groups is 1. The molecule has 3 nitrogen and oxygen atoms in total. The van der Waals surface area contributed by atoms with Crippen LogP contribution < -0.4 is 5.73 Å². The van der Waals surface area contributed by atoms with E-state index in [1.54, 1.807) is 0 Å². The van der Waals surface area contributed by atoms with Crippen LogP contribution in [0.2, 0.25) is 0 Å². The van der Waals surface area contributed by atoms with E-state index in [0.29, 0.717) is 0 Å². The molecule has 0 aliphatic rings. The first-order valence-corrected chi connectivity index (χ1v) is 3.08. The van der Waals surface area contributed by atoms with Gasteiger partial charge in [0.25, 0.3) is 0 Å². The first-order valence-electron chi connectivity index (χ1n) is 3.08. The number of aliphatic carboxylic acids is 1. The van der Waals surface area contributed by atoms with Gasteiger partial charge in [-0.1, -0.05) is 20.3 Å². The number of carboxylic acid groups (broad SMARTS) is 1. The molecule has 0 spiro atoms. The van der Waals surface area contributed by atoms with Gasteiger partial charge < -0.3 is 13.7 Å². The third-order valence-corrected chi connectivity index (χ3v) is 1.54. The van der Waals surface area contributed by atoms with Gasteiger partial charge in [-0.2, -0.15) is 0 Å². The Balaban J connectivity index is -0.000000107. The fourth-order valence-corrected chi connectivity index (χ4v) is 0.497. The molecule has 10 heavy (non-hydrogen) atoms. The topological polar surface area (TPSA) is 63.3 Å². The first-order chi connectivity index (χ1) is 4.09. The van der Waals surface area contributed by atoms with E-state index < -0.39 is 12.0 Å². The average Bonchev–Trinajstić information content (AvgIpc) is 1.84. The molecule has 0 aromatic heterocycles. The van der Waals surface area contributed by atoms with Crippen molar-refractivity contribution in [2.75, 3.05) is 0 Å². The third kappa shape index (κ3) is 4.08. The predicted octanol–water partition coefficient (Wildman–Crippen LogP) is 0.289. The van der Waals surface area contributed by atoms with Gasteiger partial charge in [-0.05, 0) is 5.92 Å². The molecular formula is C6H15MgNO2. The van der Waals surface area contributed by atoms with Crippen molar-refractivity contribution in [1.29, 1.82) is 0 Å². The molecule has 58 valence electrons. The Hall–Kier alpha value is 0.196. The first kappa shape index (κ1) is 12.8. The molecule has 0 saturated carbocycles. The minimum absolute atomic E-state index is 0. The fraction of sp³-hybridized carbons (Fsp3) is 0.833. The molecular weight excluding hydrogens is 142 g/mol. The van der Waals surface area contributed by atoms with Crippen LogP contribution in [0.15, 0.2) is 0 Å². The van der Waals surface area contributed by atoms with Crippen LogP contribution in [0.25, 0.3) is 0 Å². The zero-order valence-electron chi connectivity index (χ0n) is 8.50. The summed E-state index contributed by atoms with van der Waals surface area (Å²) in [4.78, 5) is 10.2. The minimum atomic E-state index is -0.913. The van der Waals surface area contributed by atoms with Crippen LogP contribution >= 0.6 is 0 Å². The molecule has 0 amide bonds. The Morgan fingerprint density at radius 3 is 2.30 bits per heavy atom. The maximum absolute atomic E-state index is 10.2. The Morgan fingerprint density at radius 1 is 1.80 bits per heavy atom. The van der Waals surface area contributed by atoms with Gasteiger partial charge in [-0.25, -0.2) is 0 Å². The summed E-state index contributed by atoms with van der Waals surface area (Å²) in [7, 11) is 0. The van der Waals surface area contributed by atoms with Gasteiger partial charge in [0.1, 0.15) is 6.04 Å². The molecule has 0 aliphatic heterocycles. The minimum Gasteiger partial charge on any atom is -1.00 e. The second-order valence-corrected chi connectivity index (χ2v) is 2.25. The zero-order chi connectivity index (χ0) is 7.44. The molecule has 0 bridgehead atoms. The van der Waals surface area contributed by atoms with Crippen LogP contribution in [0.4, 0.5) is 0 Å². The normalized spacial score (nSPS) is 15.1.